The van der Waals surface area contributed by atoms with E-state index in [0.717, 1.165) is 29.7 Å². The van der Waals surface area contributed by atoms with Crippen LogP contribution in [0.2, 0.25) is 0 Å². The zero-order valence-electron chi connectivity index (χ0n) is 17.6. The van der Waals surface area contributed by atoms with Crippen LogP contribution in [0, 0.1) is 0 Å². The van der Waals surface area contributed by atoms with E-state index in [1.165, 1.54) is 5.56 Å². The second-order valence-corrected chi connectivity index (χ2v) is 6.74. The fourth-order valence-electron chi connectivity index (χ4n) is 3.01. The molecule has 156 valence electrons. The van der Waals surface area contributed by atoms with Crippen molar-refractivity contribution in [3.8, 4) is 17.1 Å². The Morgan fingerprint density at radius 1 is 1.20 bits per heavy atom. The Kier molecular flexibility index (Phi) is 7.32. The quantitative estimate of drug-likeness (QED) is 0.403. The number of benzene rings is 2. The highest BCUT2D eigenvalue weighted by atomic mass is 16.5. The van der Waals surface area contributed by atoms with E-state index < -0.39 is 0 Å². The summed E-state index contributed by atoms with van der Waals surface area (Å²) in [5.74, 6) is 1.84. The number of para-hydroxylation sites is 2. The topological polar surface area (TPSA) is 81.4 Å². The molecule has 0 radical (unpaired) electrons. The van der Waals surface area contributed by atoms with Gasteiger partial charge in [-0.05, 0) is 37.1 Å². The second kappa shape index (κ2) is 10.3. The van der Waals surface area contributed by atoms with Crippen LogP contribution in [0.4, 0.5) is 11.6 Å². The van der Waals surface area contributed by atoms with Gasteiger partial charge >= 0.3 is 0 Å². The van der Waals surface area contributed by atoms with Crippen LogP contribution in [0.3, 0.4) is 0 Å². The van der Waals surface area contributed by atoms with E-state index in [1.54, 1.807) is 11.7 Å². The van der Waals surface area contributed by atoms with Gasteiger partial charge in [-0.3, -0.25) is 0 Å². The number of nitrogens with one attached hydrogen (secondary N) is 1. The van der Waals surface area contributed by atoms with Crippen LogP contribution in [-0.4, -0.2) is 39.9 Å². The first-order valence-corrected chi connectivity index (χ1v) is 10.1. The number of aldehydes is 1. The van der Waals surface area contributed by atoms with Gasteiger partial charge in [0, 0.05) is 24.7 Å². The number of aromatic nitrogens is 3. The van der Waals surface area contributed by atoms with Gasteiger partial charge in [0.25, 0.3) is 0 Å². The van der Waals surface area contributed by atoms with E-state index in [0.29, 0.717) is 30.6 Å². The number of hydrogen-bond acceptors (Lipinski definition) is 6. The summed E-state index contributed by atoms with van der Waals surface area (Å²) in [6, 6.07) is 15.9. The monoisotopic (exact) mass is 405 g/mol. The van der Waals surface area contributed by atoms with Gasteiger partial charge in [-0.25, -0.2) is 9.67 Å². The summed E-state index contributed by atoms with van der Waals surface area (Å²) in [5.41, 5.74) is 3.70. The lowest BCUT2D eigenvalue weighted by atomic mass is 10.1. The maximum Gasteiger partial charge on any atom is 0.248 e. The summed E-state index contributed by atoms with van der Waals surface area (Å²) in [5, 5.41) is 7.80. The molecule has 0 atom stereocenters. The average molecular weight is 406 g/mol. The Morgan fingerprint density at radius 2 is 2.03 bits per heavy atom. The van der Waals surface area contributed by atoms with Crippen molar-refractivity contribution in [2.45, 2.75) is 26.7 Å². The average Bonchev–Trinajstić information content (AvgIpc) is 3.13. The molecule has 0 aliphatic carbocycles. The summed E-state index contributed by atoms with van der Waals surface area (Å²) >= 11 is 0. The van der Waals surface area contributed by atoms with Crippen LogP contribution in [0.15, 0.2) is 53.5 Å². The number of aryl methyl sites for hydroxylation is 2. The molecular formula is C23H27N5O2. The van der Waals surface area contributed by atoms with Crippen LogP contribution in [0.25, 0.3) is 11.4 Å². The fourth-order valence-corrected chi connectivity index (χ4v) is 3.01. The molecular weight excluding hydrogens is 378 g/mol. The molecule has 3 aromatic rings. The normalized spacial score (nSPS) is 11.4. The molecule has 0 saturated heterocycles. The van der Waals surface area contributed by atoms with Crippen molar-refractivity contribution in [3.63, 3.8) is 0 Å². The van der Waals surface area contributed by atoms with Crippen LogP contribution in [-0.2, 0) is 18.3 Å². The molecule has 0 unspecified atom stereocenters. The number of aliphatic imine (C=N–C) groups is 1. The molecule has 30 heavy (non-hydrogen) atoms. The van der Waals surface area contributed by atoms with E-state index in [-0.39, 0.29) is 6.42 Å². The van der Waals surface area contributed by atoms with E-state index in [2.05, 4.69) is 39.4 Å². The van der Waals surface area contributed by atoms with Crippen molar-refractivity contribution in [1.29, 1.82) is 0 Å². The molecule has 0 aliphatic heterocycles. The second-order valence-electron chi connectivity index (χ2n) is 6.74. The van der Waals surface area contributed by atoms with Crippen LogP contribution >= 0.6 is 0 Å². The van der Waals surface area contributed by atoms with Crippen molar-refractivity contribution in [3.05, 3.63) is 54.1 Å². The SMILES string of the molecule is CCOc1ccccc1NCC(CC=O)=Nc1nc(-c2cccc(CC)c2)nn1C. The molecule has 0 amide bonds. The lowest BCUT2D eigenvalue weighted by Gasteiger charge is -2.12. The van der Waals surface area contributed by atoms with Crippen molar-refractivity contribution < 1.29 is 9.53 Å². The third-order valence-corrected chi connectivity index (χ3v) is 4.58. The predicted molar refractivity (Wildman–Crippen MR) is 120 cm³/mol. The van der Waals surface area contributed by atoms with Crippen molar-refractivity contribution in [1.82, 2.24) is 14.8 Å². The molecule has 7 nitrogen and oxygen atoms in total. The van der Waals surface area contributed by atoms with E-state index in [9.17, 15) is 4.79 Å². The highest BCUT2D eigenvalue weighted by Crippen LogP contribution is 2.24. The minimum absolute atomic E-state index is 0.206. The van der Waals surface area contributed by atoms with E-state index in [1.807, 2.05) is 43.3 Å². The van der Waals surface area contributed by atoms with Crippen molar-refractivity contribution in [2.24, 2.45) is 12.0 Å². The maximum absolute atomic E-state index is 11.2. The number of rotatable bonds is 10. The molecule has 1 heterocycles. The molecule has 7 heteroatoms. The molecule has 1 aromatic heterocycles. The summed E-state index contributed by atoms with van der Waals surface area (Å²) in [6.45, 7) is 5.03. The number of anilines is 1. The number of ether oxygens (including phenoxy) is 1. The van der Waals surface area contributed by atoms with Gasteiger partial charge in [-0.15, -0.1) is 5.10 Å². The Morgan fingerprint density at radius 3 is 2.80 bits per heavy atom. The Bertz CT molecular complexity index is 1030. The number of carbonyl (C=O) groups is 1. The molecule has 0 fully saturated rings. The Labute approximate surface area is 176 Å². The van der Waals surface area contributed by atoms with Gasteiger partial charge < -0.3 is 14.8 Å². The molecule has 2 aromatic carbocycles. The zero-order chi connectivity index (χ0) is 21.3. The maximum atomic E-state index is 11.2. The van der Waals surface area contributed by atoms with Crippen LogP contribution < -0.4 is 10.1 Å². The van der Waals surface area contributed by atoms with Gasteiger partial charge in [0.05, 0.1) is 18.8 Å². The first-order chi connectivity index (χ1) is 14.6. The van der Waals surface area contributed by atoms with Crippen LogP contribution in [0.5, 0.6) is 5.75 Å². The number of carbonyl (C=O) groups excluding carboxylic acids is 1. The first kappa shape index (κ1) is 21.2. The third-order valence-electron chi connectivity index (χ3n) is 4.58. The molecule has 1 N–H and O–H groups in total. The van der Waals surface area contributed by atoms with Gasteiger partial charge in [0.15, 0.2) is 5.82 Å². The Hall–Kier alpha value is -3.48. The Balaban J connectivity index is 1.82. The largest absolute Gasteiger partial charge is 0.492 e. The minimum Gasteiger partial charge on any atom is -0.492 e. The zero-order valence-corrected chi connectivity index (χ0v) is 17.6. The summed E-state index contributed by atoms with van der Waals surface area (Å²) in [7, 11) is 1.80. The predicted octanol–water partition coefficient (Wildman–Crippen LogP) is 4.22. The molecule has 0 saturated carbocycles. The summed E-state index contributed by atoms with van der Waals surface area (Å²) < 4.78 is 7.27. The lowest BCUT2D eigenvalue weighted by Crippen LogP contribution is -2.15. The highest BCUT2D eigenvalue weighted by Gasteiger charge is 2.11. The highest BCUT2D eigenvalue weighted by molar-refractivity contribution is 5.98. The van der Waals surface area contributed by atoms with Gasteiger partial charge in [0.2, 0.25) is 5.95 Å². The fraction of sp³-hybridized carbons (Fsp3) is 0.304. The summed E-state index contributed by atoms with van der Waals surface area (Å²) in [6.07, 6.45) is 2.00. The van der Waals surface area contributed by atoms with E-state index >= 15 is 0 Å². The molecule has 3 rings (SSSR count). The standard InChI is InChI=1S/C23H27N5O2/c1-4-17-9-8-10-18(15-17)22-26-23(28(3)27-22)25-19(13-14-29)16-24-20-11-6-7-12-21(20)30-5-2/h6-12,14-15,24H,4-5,13,16H2,1-3H3. The van der Waals surface area contributed by atoms with E-state index in [4.69, 9.17) is 4.74 Å². The lowest BCUT2D eigenvalue weighted by molar-refractivity contribution is -0.106. The van der Waals surface area contributed by atoms with Gasteiger partial charge in [-0.2, -0.15) is 4.98 Å². The number of nitrogens with zero attached hydrogens (tertiary/aromatic N) is 4. The smallest absolute Gasteiger partial charge is 0.248 e. The van der Waals surface area contributed by atoms with Crippen molar-refractivity contribution in [2.75, 3.05) is 18.5 Å². The molecule has 0 spiro atoms. The summed E-state index contributed by atoms with van der Waals surface area (Å²) in [4.78, 5) is 20.4. The van der Waals surface area contributed by atoms with Gasteiger partial charge in [0.1, 0.15) is 12.0 Å². The van der Waals surface area contributed by atoms with Crippen LogP contribution in [0.1, 0.15) is 25.8 Å². The molecule has 0 bridgehead atoms. The van der Waals surface area contributed by atoms with Crippen molar-refractivity contribution >= 4 is 23.6 Å². The first-order valence-electron chi connectivity index (χ1n) is 10.1. The van der Waals surface area contributed by atoms with Gasteiger partial charge in [-0.1, -0.05) is 37.3 Å². The molecule has 0 aliphatic rings. The number of hydrogen-bond donors (Lipinski definition) is 1. The third kappa shape index (κ3) is 5.31. The minimum atomic E-state index is 0.206.